The third kappa shape index (κ3) is 4.07. The highest BCUT2D eigenvalue weighted by Crippen LogP contribution is 2.34. The molecule has 2 N–H and O–H groups in total. The van der Waals surface area contributed by atoms with E-state index >= 15 is 0 Å². The van der Waals surface area contributed by atoms with Crippen molar-refractivity contribution in [2.75, 3.05) is 13.1 Å². The normalized spacial score (nSPS) is 21.0. The maximum atomic E-state index is 12.8. The highest BCUT2D eigenvalue weighted by atomic mass is 35.5. The van der Waals surface area contributed by atoms with Gasteiger partial charge in [0.1, 0.15) is 10.5 Å². The number of piperidine rings is 1. The molecule has 138 valence electrons. The zero-order chi connectivity index (χ0) is 17.5. The van der Waals surface area contributed by atoms with E-state index in [4.69, 9.17) is 0 Å². The summed E-state index contributed by atoms with van der Waals surface area (Å²) >= 11 is 1.01. The Balaban J connectivity index is 0.00000225. The van der Waals surface area contributed by atoms with Crippen LogP contribution in [0.25, 0.3) is 10.2 Å². The molecule has 1 fully saturated rings. The Morgan fingerprint density at radius 1 is 1.40 bits per heavy atom. The summed E-state index contributed by atoms with van der Waals surface area (Å²) in [7, 11) is 0. The molecule has 1 aliphatic rings. The summed E-state index contributed by atoms with van der Waals surface area (Å²) in [6.07, 6.45) is -3.65. The molecule has 9 heteroatoms. The summed E-state index contributed by atoms with van der Waals surface area (Å²) in [6.45, 7) is 5.49. The van der Waals surface area contributed by atoms with Crippen molar-refractivity contribution in [1.82, 2.24) is 15.6 Å². The van der Waals surface area contributed by atoms with E-state index in [1.165, 1.54) is 6.07 Å². The number of hydrogen-bond donors (Lipinski definition) is 2. The van der Waals surface area contributed by atoms with E-state index < -0.39 is 11.9 Å². The predicted octanol–water partition coefficient (Wildman–Crippen LogP) is 3.77. The second-order valence-corrected chi connectivity index (χ2v) is 7.15. The minimum absolute atomic E-state index is 0. The van der Waals surface area contributed by atoms with Crippen LogP contribution in [0.15, 0.2) is 12.1 Å². The average molecular weight is 394 g/mol. The van der Waals surface area contributed by atoms with Gasteiger partial charge in [0.15, 0.2) is 0 Å². The van der Waals surface area contributed by atoms with E-state index in [1.54, 1.807) is 6.92 Å². The van der Waals surface area contributed by atoms with Crippen molar-refractivity contribution < 1.29 is 18.0 Å². The number of pyridine rings is 1. The summed E-state index contributed by atoms with van der Waals surface area (Å²) < 4.78 is 38.4. The van der Waals surface area contributed by atoms with Crippen molar-refractivity contribution in [2.24, 2.45) is 5.92 Å². The summed E-state index contributed by atoms with van der Waals surface area (Å²) in [5.41, 5.74) is -0.259. The molecular formula is C16H19ClF3N3OS. The van der Waals surface area contributed by atoms with Crippen molar-refractivity contribution >= 4 is 39.9 Å². The molecule has 0 aliphatic carbocycles. The van der Waals surface area contributed by atoms with Gasteiger partial charge in [-0.2, -0.15) is 13.2 Å². The van der Waals surface area contributed by atoms with Gasteiger partial charge in [-0.25, -0.2) is 4.98 Å². The first-order chi connectivity index (χ1) is 11.3. The molecule has 0 saturated carbocycles. The van der Waals surface area contributed by atoms with E-state index in [2.05, 4.69) is 22.5 Å². The lowest BCUT2D eigenvalue weighted by molar-refractivity contribution is -0.140. The minimum Gasteiger partial charge on any atom is -0.348 e. The van der Waals surface area contributed by atoms with Crippen LogP contribution >= 0.6 is 23.7 Å². The van der Waals surface area contributed by atoms with E-state index in [-0.39, 0.29) is 29.2 Å². The van der Waals surface area contributed by atoms with E-state index in [0.717, 1.165) is 36.9 Å². The fourth-order valence-corrected chi connectivity index (χ4v) is 4.02. The van der Waals surface area contributed by atoms with Crippen molar-refractivity contribution in [3.05, 3.63) is 28.3 Å². The Morgan fingerprint density at radius 3 is 2.76 bits per heavy atom. The second-order valence-electron chi connectivity index (χ2n) is 6.15. The van der Waals surface area contributed by atoms with Crippen LogP contribution in [0.1, 0.15) is 34.3 Å². The summed E-state index contributed by atoms with van der Waals surface area (Å²) in [5.74, 6) is 0.0788. The molecule has 1 saturated heterocycles. The smallest absolute Gasteiger partial charge is 0.348 e. The molecule has 2 aromatic heterocycles. The van der Waals surface area contributed by atoms with Gasteiger partial charge in [-0.15, -0.1) is 23.7 Å². The van der Waals surface area contributed by atoms with E-state index in [9.17, 15) is 18.0 Å². The van der Waals surface area contributed by atoms with Gasteiger partial charge >= 0.3 is 6.18 Å². The predicted molar refractivity (Wildman–Crippen MR) is 94.5 cm³/mol. The van der Waals surface area contributed by atoms with Crippen LogP contribution < -0.4 is 10.6 Å². The van der Waals surface area contributed by atoms with Crippen LogP contribution in [-0.2, 0) is 6.18 Å². The Hall–Kier alpha value is -1.38. The SMILES string of the molecule is Cc1c(C(=O)NC2CCNCC2C)sc2nc(C(F)(F)F)ccc12.Cl. The number of carbonyl (C=O) groups is 1. The number of aromatic nitrogens is 1. The van der Waals surface area contributed by atoms with Gasteiger partial charge in [-0.3, -0.25) is 4.79 Å². The number of amides is 1. The lowest BCUT2D eigenvalue weighted by Crippen LogP contribution is -2.48. The van der Waals surface area contributed by atoms with Gasteiger partial charge < -0.3 is 10.6 Å². The van der Waals surface area contributed by atoms with Crippen molar-refractivity contribution in [1.29, 1.82) is 0 Å². The second kappa shape index (κ2) is 7.47. The molecular weight excluding hydrogens is 375 g/mol. The summed E-state index contributed by atoms with van der Waals surface area (Å²) in [5, 5.41) is 6.87. The molecule has 2 aromatic rings. The van der Waals surface area contributed by atoms with Crippen LogP contribution in [-0.4, -0.2) is 30.0 Å². The first-order valence-corrected chi connectivity index (χ1v) is 8.58. The molecule has 2 atom stereocenters. The number of hydrogen-bond acceptors (Lipinski definition) is 4. The first kappa shape index (κ1) is 19.9. The van der Waals surface area contributed by atoms with Crippen LogP contribution in [0, 0.1) is 12.8 Å². The fraction of sp³-hybridized carbons (Fsp3) is 0.500. The molecule has 0 spiro atoms. The van der Waals surface area contributed by atoms with Gasteiger partial charge in [-0.05, 0) is 50.0 Å². The summed E-state index contributed by atoms with van der Waals surface area (Å²) in [4.78, 5) is 16.9. The number of halogens is 4. The first-order valence-electron chi connectivity index (χ1n) is 7.76. The van der Waals surface area contributed by atoms with Gasteiger partial charge in [0, 0.05) is 11.4 Å². The highest BCUT2D eigenvalue weighted by molar-refractivity contribution is 7.20. The monoisotopic (exact) mass is 393 g/mol. The molecule has 3 heterocycles. The molecule has 2 unspecified atom stereocenters. The maximum Gasteiger partial charge on any atom is 0.433 e. The number of rotatable bonds is 2. The van der Waals surface area contributed by atoms with Crippen LogP contribution in [0.5, 0.6) is 0 Å². The number of carbonyl (C=O) groups excluding carboxylic acids is 1. The molecule has 0 bridgehead atoms. The zero-order valence-corrected chi connectivity index (χ0v) is 15.4. The van der Waals surface area contributed by atoms with Gasteiger partial charge in [0.05, 0.1) is 4.88 Å². The Labute approximate surface area is 153 Å². The van der Waals surface area contributed by atoms with Crippen molar-refractivity contribution in [3.8, 4) is 0 Å². The van der Waals surface area contributed by atoms with E-state index in [1.807, 2.05) is 0 Å². The van der Waals surface area contributed by atoms with Crippen LogP contribution in [0.4, 0.5) is 13.2 Å². The molecule has 25 heavy (non-hydrogen) atoms. The molecule has 0 radical (unpaired) electrons. The third-order valence-electron chi connectivity index (χ3n) is 4.40. The van der Waals surface area contributed by atoms with Gasteiger partial charge in [0.2, 0.25) is 0 Å². The third-order valence-corrected chi connectivity index (χ3v) is 5.60. The van der Waals surface area contributed by atoms with Gasteiger partial charge in [-0.1, -0.05) is 6.92 Å². The lowest BCUT2D eigenvalue weighted by atomic mass is 9.95. The molecule has 3 rings (SSSR count). The van der Waals surface area contributed by atoms with Crippen molar-refractivity contribution in [2.45, 2.75) is 32.5 Å². The number of aryl methyl sites for hydroxylation is 1. The number of thiophene rings is 1. The topological polar surface area (TPSA) is 54.0 Å². The number of alkyl halides is 3. The fourth-order valence-electron chi connectivity index (χ4n) is 2.94. The number of fused-ring (bicyclic) bond motifs is 1. The lowest BCUT2D eigenvalue weighted by Gasteiger charge is -2.30. The maximum absolute atomic E-state index is 12.8. The van der Waals surface area contributed by atoms with E-state index in [0.29, 0.717) is 21.7 Å². The quantitative estimate of drug-likeness (QED) is 0.816. The average Bonchev–Trinajstić information content (AvgIpc) is 2.85. The molecule has 4 nitrogen and oxygen atoms in total. The highest BCUT2D eigenvalue weighted by Gasteiger charge is 2.33. The van der Waals surface area contributed by atoms with Crippen LogP contribution in [0.3, 0.4) is 0 Å². The molecule has 1 aliphatic heterocycles. The number of nitrogens with one attached hydrogen (secondary N) is 2. The Bertz CT molecular complexity index is 778. The van der Waals surface area contributed by atoms with Crippen molar-refractivity contribution in [3.63, 3.8) is 0 Å². The number of nitrogens with zero attached hydrogens (tertiary/aromatic N) is 1. The Morgan fingerprint density at radius 2 is 2.12 bits per heavy atom. The minimum atomic E-state index is -4.49. The molecule has 1 amide bonds. The Kier molecular flexibility index (Phi) is 5.96. The summed E-state index contributed by atoms with van der Waals surface area (Å²) in [6, 6.07) is 2.42. The largest absolute Gasteiger partial charge is 0.433 e. The standard InChI is InChI=1S/C16H18F3N3OS.ClH/c1-8-7-20-6-5-11(8)21-14(23)13-9(2)10-3-4-12(16(17,18)19)22-15(10)24-13;/h3-4,8,11,20H,5-7H2,1-2H3,(H,21,23);1H. The van der Waals surface area contributed by atoms with Crippen LogP contribution in [0.2, 0.25) is 0 Å². The zero-order valence-electron chi connectivity index (χ0n) is 13.7. The van der Waals surface area contributed by atoms with Gasteiger partial charge in [0.25, 0.3) is 5.91 Å². The molecule has 0 aromatic carbocycles.